The Kier molecular flexibility index (Phi) is 5.03. The van der Waals surface area contributed by atoms with Gasteiger partial charge in [-0.05, 0) is 6.42 Å². The van der Waals surface area contributed by atoms with E-state index in [1.807, 2.05) is 6.92 Å². The van der Waals surface area contributed by atoms with Crippen LogP contribution in [0.1, 0.15) is 18.9 Å². The summed E-state index contributed by atoms with van der Waals surface area (Å²) in [6, 6.07) is 1.75. The molecule has 1 rings (SSSR count). The van der Waals surface area contributed by atoms with E-state index in [9.17, 15) is 5.11 Å². The normalized spacial score (nSPS) is 12.1. The minimum absolute atomic E-state index is 0.366. The van der Waals surface area contributed by atoms with E-state index in [-0.39, 0.29) is 0 Å². The van der Waals surface area contributed by atoms with Crippen LogP contribution in [-0.2, 0) is 6.42 Å². The van der Waals surface area contributed by atoms with Gasteiger partial charge in [-0.1, -0.05) is 6.92 Å². The van der Waals surface area contributed by atoms with Gasteiger partial charge in [-0.15, -0.1) is 0 Å². The standard InChI is InChI=1S/C12H19NO4/c1-5-9(14)6-8-7-10(15-2)13-12(17-4)11(8)16-3/h7,9,14H,5-6H2,1-4H3. The van der Waals surface area contributed by atoms with Crippen LogP contribution in [0.2, 0.25) is 0 Å². The van der Waals surface area contributed by atoms with E-state index in [4.69, 9.17) is 14.2 Å². The number of rotatable bonds is 6. The van der Waals surface area contributed by atoms with Gasteiger partial charge in [0.1, 0.15) is 0 Å². The third-order valence-corrected chi connectivity index (χ3v) is 2.53. The van der Waals surface area contributed by atoms with Gasteiger partial charge >= 0.3 is 0 Å². The maximum atomic E-state index is 9.70. The van der Waals surface area contributed by atoms with Crippen LogP contribution in [0.15, 0.2) is 6.07 Å². The summed E-state index contributed by atoms with van der Waals surface area (Å²) in [5.41, 5.74) is 0.825. The first-order chi connectivity index (χ1) is 8.15. The number of hydrogen-bond acceptors (Lipinski definition) is 5. The minimum atomic E-state index is -0.416. The average Bonchev–Trinajstić information content (AvgIpc) is 2.37. The number of ether oxygens (including phenoxy) is 3. The third-order valence-electron chi connectivity index (χ3n) is 2.53. The fraction of sp³-hybridized carbons (Fsp3) is 0.583. The fourth-order valence-corrected chi connectivity index (χ4v) is 1.55. The topological polar surface area (TPSA) is 60.8 Å². The predicted molar refractivity (Wildman–Crippen MR) is 63.9 cm³/mol. The summed E-state index contributed by atoms with van der Waals surface area (Å²) >= 11 is 0. The summed E-state index contributed by atoms with van der Waals surface area (Å²) in [5.74, 6) is 1.35. The molecule has 0 aliphatic rings. The second-order valence-corrected chi connectivity index (χ2v) is 3.63. The number of pyridine rings is 1. The summed E-state index contributed by atoms with van der Waals surface area (Å²) in [7, 11) is 4.60. The van der Waals surface area contributed by atoms with Gasteiger partial charge in [0, 0.05) is 18.1 Å². The molecule has 5 heteroatoms. The first-order valence-corrected chi connectivity index (χ1v) is 5.50. The Bertz CT molecular complexity index is 368. The zero-order valence-corrected chi connectivity index (χ0v) is 10.7. The number of methoxy groups -OCH3 is 3. The second kappa shape index (κ2) is 6.30. The van der Waals surface area contributed by atoms with Crippen LogP contribution in [0.25, 0.3) is 0 Å². The van der Waals surface area contributed by atoms with Gasteiger partial charge in [0.15, 0.2) is 5.75 Å². The summed E-state index contributed by atoms with van der Waals surface area (Å²) in [4.78, 5) is 4.12. The second-order valence-electron chi connectivity index (χ2n) is 3.63. The number of aliphatic hydroxyl groups is 1. The summed E-state index contributed by atoms with van der Waals surface area (Å²) < 4.78 is 15.5. The molecule has 0 spiro atoms. The molecule has 1 aromatic rings. The van der Waals surface area contributed by atoms with Crippen molar-refractivity contribution >= 4 is 0 Å². The molecule has 1 atom stereocenters. The quantitative estimate of drug-likeness (QED) is 0.816. The van der Waals surface area contributed by atoms with Crippen LogP contribution in [-0.4, -0.2) is 37.5 Å². The van der Waals surface area contributed by atoms with Crippen LogP contribution in [0.4, 0.5) is 0 Å². The molecule has 0 fully saturated rings. The van der Waals surface area contributed by atoms with Crippen LogP contribution >= 0.6 is 0 Å². The Hall–Kier alpha value is -1.49. The summed E-state index contributed by atoms with van der Waals surface area (Å²) in [6.07, 6.45) is 0.742. The minimum Gasteiger partial charge on any atom is -0.491 e. The predicted octanol–water partition coefficient (Wildman–Crippen LogP) is 1.42. The van der Waals surface area contributed by atoms with Gasteiger partial charge in [0.2, 0.25) is 5.88 Å². The van der Waals surface area contributed by atoms with Crippen LogP contribution in [0.5, 0.6) is 17.5 Å². The van der Waals surface area contributed by atoms with Crippen molar-refractivity contribution in [2.24, 2.45) is 0 Å². The molecule has 0 saturated heterocycles. The molecule has 0 aliphatic carbocycles. The molecular formula is C12H19NO4. The highest BCUT2D eigenvalue weighted by Gasteiger charge is 2.16. The van der Waals surface area contributed by atoms with E-state index in [1.165, 1.54) is 14.2 Å². The Morgan fingerprint density at radius 1 is 1.24 bits per heavy atom. The Balaban J connectivity index is 3.14. The molecule has 0 aromatic carbocycles. The number of aromatic nitrogens is 1. The molecule has 96 valence electrons. The van der Waals surface area contributed by atoms with E-state index < -0.39 is 6.10 Å². The van der Waals surface area contributed by atoms with Crippen molar-refractivity contribution in [3.63, 3.8) is 0 Å². The van der Waals surface area contributed by atoms with E-state index in [0.717, 1.165) is 5.56 Å². The SMILES string of the molecule is CCC(O)Cc1cc(OC)nc(OC)c1OC. The van der Waals surface area contributed by atoms with Gasteiger partial charge in [-0.3, -0.25) is 0 Å². The van der Waals surface area contributed by atoms with Crippen molar-refractivity contribution in [3.8, 4) is 17.5 Å². The molecule has 17 heavy (non-hydrogen) atoms. The monoisotopic (exact) mass is 241 g/mol. The van der Waals surface area contributed by atoms with Gasteiger partial charge < -0.3 is 19.3 Å². The van der Waals surface area contributed by atoms with Crippen molar-refractivity contribution in [2.45, 2.75) is 25.9 Å². The summed E-state index contributed by atoms with van der Waals surface area (Å²) in [6.45, 7) is 1.92. The van der Waals surface area contributed by atoms with E-state index in [2.05, 4.69) is 4.98 Å². The first-order valence-electron chi connectivity index (χ1n) is 5.50. The van der Waals surface area contributed by atoms with Crippen molar-refractivity contribution in [1.29, 1.82) is 0 Å². The zero-order chi connectivity index (χ0) is 12.8. The lowest BCUT2D eigenvalue weighted by Crippen LogP contribution is -2.10. The van der Waals surface area contributed by atoms with Gasteiger partial charge in [-0.25, -0.2) is 0 Å². The molecule has 0 aliphatic heterocycles. The Morgan fingerprint density at radius 3 is 2.41 bits per heavy atom. The molecule has 0 amide bonds. The van der Waals surface area contributed by atoms with Crippen molar-refractivity contribution in [1.82, 2.24) is 4.98 Å². The smallest absolute Gasteiger partial charge is 0.260 e. The lowest BCUT2D eigenvalue weighted by atomic mass is 10.1. The lowest BCUT2D eigenvalue weighted by molar-refractivity contribution is 0.169. The van der Waals surface area contributed by atoms with E-state index in [1.54, 1.807) is 13.2 Å². The lowest BCUT2D eigenvalue weighted by Gasteiger charge is -2.15. The molecule has 1 unspecified atom stereocenters. The number of hydrogen-bond donors (Lipinski definition) is 1. The highest BCUT2D eigenvalue weighted by atomic mass is 16.5. The first kappa shape index (κ1) is 13.6. The Labute approximate surface area is 101 Å². The van der Waals surface area contributed by atoms with Crippen molar-refractivity contribution in [2.75, 3.05) is 21.3 Å². The number of aliphatic hydroxyl groups excluding tert-OH is 1. The molecule has 1 aromatic heterocycles. The highest BCUT2D eigenvalue weighted by Crippen LogP contribution is 2.33. The highest BCUT2D eigenvalue weighted by molar-refractivity contribution is 5.45. The summed E-state index contributed by atoms with van der Waals surface area (Å²) in [5, 5.41) is 9.70. The van der Waals surface area contributed by atoms with E-state index >= 15 is 0 Å². The van der Waals surface area contributed by atoms with Crippen LogP contribution in [0, 0.1) is 0 Å². The van der Waals surface area contributed by atoms with Crippen molar-refractivity contribution < 1.29 is 19.3 Å². The van der Waals surface area contributed by atoms with E-state index in [0.29, 0.717) is 30.4 Å². The van der Waals surface area contributed by atoms with Crippen LogP contribution < -0.4 is 14.2 Å². The molecule has 0 bridgehead atoms. The maximum Gasteiger partial charge on any atom is 0.260 e. The zero-order valence-electron chi connectivity index (χ0n) is 10.7. The maximum absolute atomic E-state index is 9.70. The Morgan fingerprint density at radius 2 is 1.94 bits per heavy atom. The molecular weight excluding hydrogens is 222 g/mol. The van der Waals surface area contributed by atoms with Gasteiger partial charge in [0.25, 0.3) is 5.88 Å². The van der Waals surface area contributed by atoms with Crippen molar-refractivity contribution in [3.05, 3.63) is 11.6 Å². The average molecular weight is 241 g/mol. The largest absolute Gasteiger partial charge is 0.491 e. The molecule has 0 radical (unpaired) electrons. The van der Waals surface area contributed by atoms with Gasteiger partial charge in [0.05, 0.1) is 27.4 Å². The molecule has 1 heterocycles. The van der Waals surface area contributed by atoms with Crippen LogP contribution in [0.3, 0.4) is 0 Å². The third kappa shape index (κ3) is 3.23. The molecule has 1 N–H and O–H groups in total. The number of nitrogens with zero attached hydrogens (tertiary/aromatic N) is 1. The fourth-order valence-electron chi connectivity index (χ4n) is 1.55. The molecule has 5 nitrogen and oxygen atoms in total. The van der Waals surface area contributed by atoms with Gasteiger partial charge in [-0.2, -0.15) is 4.98 Å². The molecule has 0 saturated carbocycles.